The van der Waals surface area contributed by atoms with E-state index >= 15 is 0 Å². The monoisotopic (exact) mass is 204 g/mol. The summed E-state index contributed by atoms with van der Waals surface area (Å²) in [4.78, 5) is 22.6. The normalized spacial score (nSPS) is 10.4. The number of amides is 1. The van der Waals surface area contributed by atoms with Crippen molar-refractivity contribution in [2.24, 2.45) is 5.73 Å². The van der Waals surface area contributed by atoms with Crippen LogP contribution in [0.4, 0.5) is 0 Å². The van der Waals surface area contributed by atoms with E-state index in [9.17, 15) is 9.59 Å². The average Bonchev–Trinajstić information content (AvgIpc) is 2.09. The Morgan fingerprint density at radius 1 is 1.43 bits per heavy atom. The highest BCUT2D eigenvalue weighted by Crippen LogP contribution is 1.91. The molecule has 1 amide bonds. The first-order valence-corrected chi connectivity index (χ1v) is 4.27. The molecule has 0 bridgehead atoms. The molecule has 0 aliphatic rings. The van der Waals surface area contributed by atoms with Gasteiger partial charge in [0.15, 0.2) is 0 Å². The molecule has 3 N–H and O–H groups in total. The molecule has 0 saturated carbocycles. The van der Waals surface area contributed by atoms with Gasteiger partial charge in [-0.1, -0.05) is 0 Å². The van der Waals surface area contributed by atoms with E-state index in [1.807, 2.05) is 0 Å². The molecule has 0 saturated heterocycles. The lowest BCUT2D eigenvalue weighted by Gasteiger charge is -2.18. The molecular weight excluding hydrogens is 188 g/mol. The Morgan fingerprint density at radius 3 is 2.50 bits per heavy atom. The van der Waals surface area contributed by atoms with Crippen LogP contribution < -0.4 is 5.73 Å². The lowest BCUT2D eigenvalue weighted by molar-refractivity contribution is -0.137. The smallest absolute Gasteiger partial charge is 0.304 e. The minimum atomic E-state index is -0.892. The van der Waals surface area contributed by atoms with Crippen LogP contribution in [0.2, 0.25) is 0 Å². The van der Waals surface area contributed by atoms with Gasteiger partial charge < -0.3 is 15.6 Å². The van der Waals surface area contributed by atoms with Crippen LogP contribution in [0.5, 0.6) is 0 Å². The predicted octanol–water partition coefficient (Wildman–Crippen LogP) is -1.11. The second-order valence-electron chi connectivity index (χ2n) is 2.88. The van der Waals surface area contributed by atoms with Gasteiger partial charge in [0.2, 0.25) is 5.91 Å². The van der Waals surface area contributed by atoms with Gasteiger partial charge in [0, 0.05) is 20.2 Å². The number of rotatable bonds is 8. The molecule has 0 atom stereocenters. The summed E-state index contributed by atoms with van der Waals surface area (Å²) >= 11 is 0. The third-order valence-electron chi connectivity index (χ3n) is 1.63. The summed E-state index contributed by atoms with van der Waals surface area (Å²) in [5.41, 5.74) is 5.00. The number of primary amides is 1. The van der Waals surface area contributed by atoms with Gasteiger partial charge in [-0.2, -0.15) is 0 Å². The van der Waals surface area contributed by atoms with Crippen molar-refractivity contribution >= 4 is 11.9 Å². The fourth-order valence-electron chi connectivity index (χ4n) is 0.964. The van der Waals surface area contributed by atoms with Crippen LogP contribution in [0.3, 0.4) is 0 Å². The molecule has 0 spiro atoms. The van der Waals surface area contributed by atoms with Crippen molar-refractivity contribution in [1.82, 2.24) is 4.90 Å². The second-order valence-corrected chi connectivity index (χ2v) is 2.88. The Labute approximate surface area is 82.6 Å². The molecular formula is C8H16N2O4. The highest BCUT2D eigenvalue weighted by atomic mass is 16.5. The zero-order valence-corrected chi connectivity index (χ0v) is 8.23. The molecule has 0 aliphatic heterocycles. The number of methoxy groups -OCH3 is 1. The minimum Gasteiger partial charge on any atom is -0.481 e. The lowest BCUT2D eigenvalue weighted by atomic mass is 10.3. The summed E-state index contributed by atoms with van der Waals surface area (Å²) < 4.78 is 4.82. The van der Waals surface area contributed by atoms with E-state index in [0.717, 1.165) is 0 Å². The van der Waals surface area contributed by atoms with Crippen LogP contribution in [0.1, 0.15) is 6.42 Å². The topological polar surface area (TPSA) is 92.9 Å². The lowest BCUT2D eigenvalue weighted by Crippen LogP contribution is -2.37. The molecule has 82 valence electrons. The molecule has 0 aromatic heterocycles. The minimum absolute atomic E-state index is 0.00298. The number of aliphatic carboxylic acids is 1. The molecule has 0 rings (SSSR count). The Bertz CT molecular complexity index is 196. The van der Waals surface area contributed by atoms with E-state index in [1.165, 1.54) is 0 Å². The zero-order valence-electron chi connectivity index (χ0n) is 8.23. The van der Waals surface area contributed by atoms with E-state index in [4.69, 9.17) is 15.6 Å². The van der Waals surface area contributed by atoms with Gasteiger partial charge >= 0.3 is 5.97 Å². The number of hydrogen-bond acceptors (Lipinski definition) is 4. The fraction of sp³-hybridized carbons (Fsp3) is 0.750. The number of hydrogen-bond donors (Lipinski definition) is 2. The maximum atomic E-state index is 10.6. The number of carboxylic acids is 1. The van der Waals surface area contributed by atoms with E-state index in [1.54, 1.807) is 12.0 Å². The van der Waals surface area contributed by atoms with Gasteiger partial charge in [-0.3, -0.25) is 14.5 Å². The summed E-state index contributed by atoms with van der Waals surface area (Å²) in [6.45, 7) is 1.33. The SMILES string of the molecule is COCCN(CCC(=O)O)CC(N)=O. The van der Waals surface area contributed by atoms with Gasteiger partial charge in [0.1, 0.15) is 0 Å². The van der Waals surface area contributed by atoms with Crippen LogP contribution >= 0.6 is 0 Å². The van der Waals surface area contributed by atoms with Crippen molar-refractivity contribution in [3.05, 3.63) is 0 Å². The number of ether oxygens (including phenoxy) is 1. The summed E-state index contributed by atoms with van der Waals surface area (Å²) in [5.74, 6) is -1.36. The first-order valence-electron chi connectivity index (χ1n) is 4.27. The van der Waals surface area contributed by atoms with Gasteiger partial charge in [-0.05, 0) is 0 Å². The number of nitrogens with two attached hydrogens (primary N) is 1. The molecule has 6 heteroatoms. The van der Waals surface area contributed by atoms with Crippen molar-refractivity contribution in [2.45, 2.75) is 6.42 Å². The molecule has 0 fully saturated rings. The molecule has 6 nitrogen and oxygen atoms in total. The van der Waals surface area contributed by atoms with Crippen molar-refractivity contribution in [3.8, 4) is 0 Å². The maximum Gasteiger partial charge on any atom is 0.304 e. The summed E-state index contributed by atoms with van der Waals surface area (Å²) in [7, 11) is 1.54. The van der Waals surface area contributed by atoms with E-state index in [2.05, 4.69) is 0 Å². The van der Waals surface area contributed by atoms with Crippen molar-refractivity contribution in [3.63, 3.8) is 0 Å². The van der Waals surface area contributed by atoms with Crippen LogP contribution in [-0.2, 0) is 14.3 Å². The Balaban J connectivity index is 3.83. The Morgan fingerprint density at radius 2 is 2.07 bits per heavy atom. The average molecular weight is 204 g/mol. The summed E-state index contributed by atoms with van der Waals surface area (Å²) in [6, 6.07) is 0. The van der Waals surface area contributed by atoms with Crippen LogP contribution in [0.25, 0.3) is 0 Å². The van der Waals surface area contributed by atoms with E-state index in [-0.39, 0.29) is 13.0 Å². The van der Waals surface area contributed by atoms with E-state index < -0.39 is 11.9 Å². The van der Waals surface area contributed by atoms with Crippen LogP contribution in [-0.4, -0.2) is 55.2 Å². The molecule has 0 aliphatic carbocycles. The number of carbonyl (C=O) groups is 2. The first kappa shape index (κ1) is 12.9. The first-order chi connectivity index (χ1) is 6.56. The Kier molecular flexibility index (Phi) is 6.69. The quantitative estimate of drug-likeness (QED) is 0.523. The second kappa shape index (κ2) is 7.28. The molecule has 0 unspecified atom stereocenters. The van der Waals surface area contributed by atoms with Crippen molar-refractivity contribution in [2.75, 3.05) is 33.4 Å². The summed E-state index contributed by atoms with van der Waals surface area (Å²) in [6.07, 6.45) is -0.00298. The predicted molar refractivity (Wildman–Crippen MR) is 49.8 cm³/mol. The van der Waals surface area contributed by atoms with Crippen molar-refractivity contribution < 1.29 is 19.4 Å². The van der Waals surface area contributed by atoms with Crippen LogP contribution in [0.15, 0.2) is 0 Å². The zero-order chi connectivity index (χ0) is 11.0. The van der Waals surface area contributed by atoms with Crippen LogP contribution in [0, 0.1) is 0 Å². The fourth-order valence-corrected chi connectivity index (χ4v) is 0.964. The van der Waals surface area contributed by atoms with Gasteiger partial charge in [0.05, 0.1) is 19.6 Å². The third-order valence-corrected chi connectivity index (χ3v) is 1.63. The number of carbonyl (C=O) groups excluding carboxylic acids is 1. The molecule has 0 aromatic rings. The highest BCUT2D eigenvalue weighted by molar-refractivity contribution is 5.76. The highest BCUT2D eigenvalue weighted by Gasteiger charge is 2.09. The molecule has 0 radical (unpaired) electrons. The molecule has 0 aromatic carbocycles. The maximum absolute atomic E-state index is 10.6. The van der Waals surface area contributed by atoms with Gasteiger partial charge in [0.25, 0.3) is 0 Å². The number of carboxylic acid groups (broad SMARTS) is 1. The molecule has 0 heterocycles. The standard InChI is InChI=1S/C8H16N2O4/c1-14-5-4-10(6-7(9)11)3-2-8(12)13/h2-6H2,1H3,(H2,9,11)(H,12,13). The van der Waals surface area contributed by atoms with Gasteiger partial charge in [-0.15, -0.1) is 0 Å². The van der Waals surface area contributed by atoms with Gasteiger partial charge in [-0.25, -0.2) is 0 Å². The third kappa shape index (κ3) is 7.51. The largest absolute Gasteiger partial charge is 0.481 e. The number of nitrogens with zero attached hydrogens (tertiary/aromatic N) is 1. The van der Waals surface area contributed by atoms with Crippen molar-refractivity contribution in [1.29, 1.82) is 0 Å². The Hall–Kier alpha value is -1.14. The summed E-state index contributed by atoms with van der Waals surface area (Å²) in [5, 5.41) is 8.45. The van der Waals surface area contributed by atoms with E-state index in [0.29, 0.717) is 19.7 Å². The molecule has 14 heavy (non-hydrogen) atoms.